The lowest BCUT2D eigenvalue weighted by Gasteiger charge is -2.09. The summed E-state index contributed by atoms with van der Waals surface area (Å²) >= 11 is 3.16. The molecule has 0 radical (unpaired) electrons. The number of esters is 1. The average molecular weight is 273 g/mol. The first-order valence-electron chi connectivity index (χ1n) is 4.05. The normalized spacial score (nSPS) is 9.53. The molecule has 1 aromatic carbocycles. The Bertz CT molecular complexity index is 401. The molecule has 0 saturated carbocycles. The van der Waals surface area contributed by atoms with E-state index in [2.05, 4.69) is 20.7 Å². The van der Waals surface area contributed by atoms with Crippen LogP contribution in [0.15, 0.2) is 16.6 Å². The maximum Gasteiger partial charge on any atom is 0.342 e. The number of benzene rings is 1. The van der Waals surface area contributed by atoms with Gasteiger partial charge in [-0.2, -0.15) is 0 Å². The second-order valence-corrected chi connectivity index (χ2v) is 3.45. The minimum atomic E-state index is -0.553. The van der Waals surface area contributed by atoms with Gasteiger partial charge in [-0.3, -0.25) is 4.79 Å². The third-order valence-electron chi connectivity index (χ3n) is 1.87. The van der Waals surface area contributed by atoms with E-state index in [1.165, 1.54) is 14.2 Å². The van der Waals surface area contributed by atoms with E-state index in [4.69, 9.17) is 4.74 Å². The molecule has 0 heterocycles. The summed E-state index contributed by atoms with van der Waals surface area (Å²) in [5, 5.41) is 0. The van der Waals surface area contributed by atoms with Gasteiger partial charge in [-0.05, 0) is 28.1 Å². The molecule has 0 bridgehead atoms. The van der Waals surface area contributed by atoms with Gasteiger partial charge in [-0.15, -0.1) is 0 Å². The van der Waals surface area contributed by atoms with Crippen LogP contribution < -0.4 is 4.74 Å². The van der Waals surface area contributed by atoms with Crippen LogP contribution in [0, 0.1) is 0 Å². The number of rotatable bonds is 3. The zero-order chi connectivity index (χ0) is 11.4. The van der Waals surface area contributed by atoms with Gasteiger partial charge in [0.15, 0.2) is 6.29 Å². The maximum atomic E-state index is 11.4. The summed E-state index contributed by atoms with van der Waals surface area (Å²) in [5.41, 5.74) is 0.584. The van der Waals surface area contributed by atoms with Crippen molar-refractivity contribution in [3.8, 4) is 5.75 Å². The third kappa shape index (κ3) is 2.18. The van der Waals surface area contributed by atoms with Crippen molar-refractivity contribution < 1.29 is 19.1 Å². The summed E-state index contributed by atoms with van der Waals surface area (Å²) in [6.07, 6.45) is 0.649. The van der Waals surface area contributed by atoms with Gasteiger partial charge in [0.1, 0.15) is 11.3 Å². The molecule has 4 nitrogen and oxygen atoms in total. The highest BCUT2D eigenvalue weighted by atomic mass is 79.9. The standard InChI is InChI=1S/C10H9BrO4/c1-14-7-4-3-6(5-12)9(11)8(7)10(13)15-2/h3-5H,1-2H3. The number of aldehydes is 1. The van der Waals surface area contributed by atoms with E-state index in [0.29, 0.717) is 22.1 Å². The summed E-state index contributed by atoms with van der Waals surface area (Å²) in [6.45, 7) is 0. The first-order chi connectivity index (χ1) is 7.15. The van der Waals surface area contributed by atoms with E-state index in [1.807, 2.05) is 0 Å². The monoisotopic (exact) mass is 272 g/mol. The molecule has 0 N–H and O–H groups in total. The predicted molar refractivity (Wildman–Crippen MR) is 57.4 cm³/mol. The highest BCUT2D eigenvalue weighted by Crippen LogP contribution is 2.30. The molecule has 0 aliphatic heterocycles. The molecule has 0 aromatic heterocycles. The zero-order valence-electron chi connectivity index (χ0n) is 8.24. The van der Waals surface area contributed by atoms with Gasteiger partial charge in [0.05, 0.1) is 14.2 Å². The molecule has 0 fully saturated rings. The molecule has 15 heavy (non-hydrogen) atoms. The van der Waals surface area contributed by atoms with Gasteiger partial charge in [-0.1, -0.05) is 0 Å². The van der Waals surface area contributed by atoms with Crippen molar-refractivity contribution in [1.29, 1.82) is 0 Å². The SMILES string of the molecule is COC(=O)c1c(OC)ccc(C=O)c1Br. The minimum Gasteiger partial charge on any atom is -0.496 e. The molecular formula is C10H9BrO4. The van der Waals surface area contributed by atoms with Crippen molar-refractivity contribution in [1.82, 2.24) is 0 Å². The number of hydrogen-bond donors (Lipinski definition) is 0. The van der Waals surface area contributed by atoms with Crippen LogP contribution in [0.2, 0.25) is 0 Å². The Morgan fingerprint density at radius 3 is 2.53 bits per heavy atom. The Morgan fingerprint density at radius 1 is 1.40 bits per heavy atom. The highest BCUT2D eigenvalue weighted by molar-refractivity contribution is 9.10. The first-order valence-corrected chi connectivity index (χ1v) is 4.85. The number of carbonyl (C=O) groups excluding carboxylic acids is 2. The Hall–Kier alpha value is -1.36. The van der Waals surface area contributed by atoms with Crippen LogP contribution in [0.3, 0.4) is 0 Å². The van der Waals surface area contributed by atoms with Crippen LogP contribution in [-0.4, -0.2) is 26.5 Å². The lowest BCUT2D eigenvalue weighted by atomic mass is 10.1. The highest BCUT2D eigenvalue weighted by Gasteiger charge is 2.19. The summed E-state index contributed by atoms with van der Waals surface area (Å²) in [4.78, 5) is 22.1. The van der Waals surface area contributed by atoms with E-state index in [-0.39, 0.29) is 5.56 Å². The van der Waals surface area contributed by atoms with E-state index in [0.717, 1.165) is 0 Å². The third-order valence-corrected chi connectivity index (χ3v) is 2.72. The molecular weight excluding hydrogens is 264 g/mol. The topological polar surface area (TPSA) is 52.6 Å². The molecule has 0 atom stereocenters. The summed E-state index contributed by atoms with van der Waals surface area (Å²) in [6, 6.07) is 3.10. The van der Waals surface area contributed by atoms with Crippen LogP contribution in [0.25, 0.3) is 0 Å². The van der Waals surface area contributed by atoms with Crippen LogP contribution in [0.1, 0.15) is 20.7 Å². The predicted octanol–water partition coefficient (Wildman–Crippen LogP) is 2.06. The fourth-order valence-corrected chi connectivity index (χ4v) is 1.71. The largest absolute Gasteiger partial charge is 0.496 e. The van der Waals surface area contributed by atoms with Crippen molar-refractivity contribution >= 4 is 28.2 Å². The van der Waals surface area contributed by atoms with E-state index in [9.17, 15) is 9.59 Å². The van der Waals surface area contributed by atoms with Gasteiger partial charge in [0.2, 0.25) is 0 Å². The van der Waals surface area contributed by atoms with E-state index < -0.39 is 5.97 Å². The smallest absolute Gasteiger partial charge is 0.342 e. The van der Waals surface area contributed by atoms with Gasteiger partial charge < -0.3 is 9.47 Å². The van der Waals surface area contributed by atoms with Crippen molar-refractivity contribution in [2.45, 2.75) is 0 Å². The molecule has 1 rings (SSSR count). The molecule has 1 aromatic rings. The number of hydrogen-bond acceptors (Lipinski definition) is 4. The molecule has 80 valence electrons. The lowest BCUT2D eigenvalue weighted by molar-refractivity contribution is 0.0596. The number of carbonyl (C=O) groups is 2. The fraction of sp³-hybridized carbons (Fsp3) is 0.200. The van der Waals surface area contributed by atoms with Crippen molar-refractivity contribution in [2.24, 2.45) is 0 Å². The molecule has 0 spiro atoms. The van der Waals surface area contributed by atoms with Crippen LogP contribution in [0.5, 0.6) is 5.75 Å². The first kappa shape index (κ1) is 11.7. The summed E-state index contributed by atoms with van der Waals surface area (Å²) < 4.78 is 9.97. The molecule has 0 amide bonds. The minimum absolute atomic E-state index is 0.213. The number of methoxy groups -OCH3 is 2. The van der Waals surface area contributed by atoms with E-state index >= 15 is 0 Å². The molecule has 0 unspecified atom stereocenters. The fourth-order valence-electron chi connectivity index (χ4n) is 1.13. The molecule has 5 heteroatoms. The quantitative estimate of drug-likeness (QED) is 0.624. The van der Waals surface area contributed by atoms with E-state index in [1.54, 1.807) is 12.1 Å². The second-order valence-electron chi connectivity index (χ2n) is 2.66. The lowest BCUT2D eigenvalue weighted by Crippen LogP contribution is -2.06. The van der Waals surface area contributed by atoms with Gasteiger partial charge >= 0.3 is 5.97 Å². The van der Waals surface area contributed by atoms with Crippen molar-refractivity contribution in [3.05, 3.63) is 27.7 Å². The zero-order valence-corrected chi connectivity index (χ0v) is 9.83. The molecule has 0 aliphatic rings. The second kappa shape index (κ2) is 4.93. The van der Waals surface area contributed by atoms with Crippen LogP contribution in [-0.2, 0) is 4.74 Å². The maximum absolute atomic E-state index is 11.4. The van der Waals surface area contributed by atoms with Crippen LogP contribution >= 0.6 is 15.9 Å². The summed E-state index contributed by atoms with van der Waals surface area (Å²) in [5.74, 6) is -0.193. The average Bonchev–Trinajstić information content (AvgIpc) is 2.27. The van der Waals surface area contributed by atoms with Gasteiger partial charge in [-0.25, -0.2) is 4.79 Å². The molecule has 0 saturated heterocycles. The Morgan fingerprint density at radius 2 is 2.07 bits per heavy atom. The Balaban J connectivity index is 3.42. The number of halogens is 1. The van der Waals surface area contributed by atoms with Gasteiger partial charge in [0, 0.05) is 10.0 Å². The Labute approximate surface area is 95.3 Å². The number of ether oxygens (including phenoxy) is 2. The summed E-state index contributed by atoms with van der Waals surface area (Å²) in [7, 11) is 2.70. The van der Waals surface area contributed by atoms with Crippen LogP contribution in [0.4, 0.5) is 0 Å². The van der Waals surface area contributed by atoms with Gasteiger partial charge in [0.25, 0.3) is 0 Å². The van der Waals surface area contributed by atoms with Crippen molar-refractivity contribution in [3.63, 3.8) is 0 Å². The van der Waals surface area contributed by atoms with Crippen molar-refractivity contribution in [2.75, 3.05) is 14.2 Å². The molecule has 0 aliphatic carbocycles. The Kier molecular flexibility index (Phi) is 3.85.